The summed E-state index contributed by atoms with van der Waals surface area (Å²) in [6.45, 7) is -0.346. The summed E-state index contributed by atoms with van der Waals surface area (Å²) >= 11 is 0. The van der Waals surface area contributed by atoms with Gasteiger partial charge in [-0.15, -0.1) is 0 Å². The van der Waals surface area contributed by atoms with Gasteiger partial charge in [0.2, 0.25) is 10.0 Å². The monoisotopic (exact) mass is 390 g/mol. The van der Waals surface area contributed by atoms with Crippen LogP contribution in [0, 0.1) is 10.1 Å². The molecule has 0 aliphatic carbocycles. The van der Waals surface area contributed by atoms with Crippen LogP contribution in [0.15, 0.2) is 59.7 Å². The highest BCUT2D eigenvalue weighted by atomic mass is 32.2. The molecule has 1 N–H and O–H groups in total. The van der Waals surface area contributed by atoms with Gasteiger partial charge in [-0.05, 0) is 5.56 Å². The Morgan fingerprint density at radius 2 is 1.93 bits per heavy atom. The number of benzene rings is 2. The molecule has 10 heteroatoms. The SMILES string of the molecule is CS(=O)(=O)N(CC(=O)N/N=C\c1cccc([N+](=O)[O-])c1)Cc1ccccc1. The first-order valence-electron chi connectivity index (χ1n) is 7.81. The number of carbonyl (C=O) groups is 1. The third kappa shape index (κ3) is 6.60. The molecule has 0 aromatic heterocycles. The topological polar surface area (TPSA) is 122 Å². The predicted octanol–water partition coefficient (Wildman–Crippen LogP) is 1.51. The Bertz CT molecular complexity index is 945. The standard InChI is InChI=1S/C17H18N4O5S/c1-27(25,26)20(12-14-6-3-2-4-7-14)13-17(22)19-18-11-15-8-5-9-16(10-15)21(23)24/h2-11H,12-13H2,1H3,(H,19,22)/b18-11-. The van der Waals surface area contributed by atoms with Crippen LogP contribution in [0.5, 0.6) is 0 Å². The zero-order valence-electron chi connectivity index (χ0n) is 14.5. The summed E-state index contributed by atoms with van der Waals surface area (Å²) in [4.78, 5) is 22.2. The zero-order chi connectivity index (χ0) is 19.9. The van der Waals surface area contributed by atoms with Gasteiger partial charge in [-0.1, -0.05) is 42.5 Å². The number of rotatable bonds is 8. The van der Waals surface area contributed by atoms with Crippen molar-refractivity contribution in [2.24, 2.45) is 5.10 Å². The molecular formula is C17H18N4O5S. The molecule has 2 aromatic carbocycles. The van der Waals surface area contributed by atoms with E-state index in [-0.39, 0.29) is 12.2 Å². The largest absolute Gasteiger partial charge is 0.272 e. The lowest BCUT2D eigenvalue weighted by Gasteiger charge is -2.18. The van der Waals surface area contributed by atoms with E-state index in [2.05, 4.69) is 10.5 Å². The minimum Gasteiger partial charge on any atom is -0.272 e. The second-order valence-corrected chi connectivity index (χ2v) is 7.64. The van der Waals surface area contributed by atoms with Gasteiger partial charge in [0.1, 0.15) is 0 Å². The quantitative estimate of drug-likeness (QED) is 0.416. The maximum Gasteiger partial charge on any atom is 0.270 e. The Kier molecular flexibility index (Phi) is 6.74. The Hall–Kier alpha value is -3.11. The molecule has 0 unspecified atom stereocenters. The van der Waals surface area contributed by atoms with Crippen molar-refractivity contribution in [2.75, 3.05) is 12.8 Å². The molecular weight excluding hydrogens is 372 g/mol. The number of nitrogens with one attached hydrogen (secondary N) is 1. The van der Waals surface area contributed by atoms with Crippen LogP contribution in [0.4, 0.5) is 5.69 Å². The van der Waals surface area contributed by atoms with Gasteiger partial charge in [0, 0.05) is 24.2 Å². The number of non-ortho nitro benzene ring substituents is 1. The molecule has 9 nitrogen and oxygen atoms in total. The van der Waals surface area contributed by atoms with Crippen molar-refractivity contribution in [3.05, 3.63) is 75.8 Å². The summed E-state index contributed by atoms with van der Waals surface area (Å²) < 4.78 is 24.9. The Morgan fingerprint density at radius 3 is 2.56 bits per heavy atom. The highest BCUT2D eigenvalue weighted by Crippen LogP contribution is 2.11. The van der Waals surface area contributed by atoms with E-state index in [9.17, 15) is 23.3 Å². The van der Waals surface area contributed by atoms with Gasteiger partial charge in [-0.25, -0.2) is 13.8 Å². The van der Waals surface area contributed by atoms with Crippen molar-refractivity contribution in [1.29, 1.82) is 0 Å². The lowest BCUT2D eigenvalue weighted by atomic mass is 10.2. The van der Waals surface area contributed by atoms with Gasteiger partial charge in [0.05, 0.1) is 23.9 Å². The average molecular weight is 390 g/mol. The minimum absolute atomic E-state index is 0.0572. The van der Waals surface area contributed by atoms with Crippen LogP contribution in [-0.4, -0.2) is 42.6 Å². The van der Waals surface area contributed by atoms with Gasteiger partial charge in [0.15, 0.2) is 0 Å². The molecule has 0 spiro atoms. The molecule has 0 saturated heterocycles. The van der Waals surface area contributed by atoms with Crippen LogP contribution in [-0.2, 0) is 21.4 Å². The fraction of sp³-hybridized carbons (Fsp3) is 0.176. The van der Waals surface area contributed by atoms with Crippen LogP contribution >= 0.6 is 0 Å². The normalized spacial score (nSPS) is 11.6. The molecule has 142 valence electrons. The van der Waals surface area contributed by atoms with E-state index < -0.39 is 27.4 Å². The number of carbonyl (C=O) groups excluding carboxylic acids is 1. The van der Waals surface area contributed by atoms with E-state index in [0.717, 1.165) is 16.1 Å². The Morgan fingerprint density at radius 1 is 1.22 bits per heavy atom. The molecule has 0 fully saturated rings. The summed E-state index contributed by atoms with van der Waals surface area (Å²) in [6.07, 6.45) is 2.27. The molecule has 27 heavy (non-hydrogen) atoms. The molecule has 0 aliphatic heterocycles. The first-order valence-corrected chi connectivity index (χ1v) is 9.66. The molecule has 1 amide bonds. The number of sulfonamides is 1. The first kappa shape index (κ1) is 20.2. The van der Waals surface area contributed by atoms with E-state index in [4.69, 9.17) is 0 Å². The van der Waals surface area contributed by atoms with Crippen LogP contribution in [0.2, 0.25) is 0 Å². The highest BCUT2D eigenvalue weighted by Gasteiger charge is 2.20. The van der Waals surface area contributed by atoms with Crippen molar-refractivity contribution >= 4 is 27.8 Å². The summed E-state index contributed by atoms with van der Waals surface area (Å²) in [5.41, 5.74) is 3.29. The number of nitro groups is 1. The predicted molar refractivity (Wildman–Crippen MR) is 101 cm³/mol. The summed E-state index contributed by atoms with van der Waals surface area (Å²) in [7, 11) is -3.60. The van der Waals surface area contributed by atoms with Crippen molar-refractivity contribution in [3.63, 3.8) is 0 Å². The van der Waals surface area contributed by atoms with Gasteiger partial charge < -0.3 is 0 Å². The molecule has 2 rings (SSSR count). The highest BCUT2D eigenvalue weighted by molar-refractivity contribution is 7.88. The summed E-state index contributed by atoms with van der Waals surface area (Å²) in [6, 6.07) is 14.6. The Balaban J connectivity index is 1.99. The molecule has 0 atom stereocenters. The molecule has 2 aromatic rings. The van der Waals surface area contributed by atoms with E-state index in [1.165, 1.54) is 24.4 Å². The second-order valence-electron chi connectivity index (χ2n) is 5.66. The fourth-order valence-electron chi connectivity index (χ4n) is 2.17. The van der Waals surface area contributed by atoms with Gasteiger partial charge in [0.25, 0.3) is 11.6 Å². The maximum atomic E-state index is 12.0. The number of hydrazone groups is 1. The number of amides is 1. The van der Waals surface area contributed by atoms with Crippen LogP contribution < -0.4 is 5.43 Å². The number of nitro benzene ring substituents is 1. The van der Waals surface area contributed by atoms with E-state index >= 15 is 0 Å². The molecule has 0 radical (unpaired) electrons. The number of nitrogens with zero attached hydrogens (tertiary/aromatic N) is 3. The zero-order valence-corrected chi connectivity index (χ0v) is 15.3. The van der Waals surface area contributed by atoms with Gasteiger partial charge >= 0.3 is 0 Å². The first-order chi connectivity index (χ1) is 12.8. The van der Waals surface area contributed by atoms with Crippen LogP contribution in [0.3, 0.4) is 0 Å². The van der Waals surface area contributed by atoms with Crippen molar-refractivity contribution in [1.82, 2.24) is 9.73 Å². The smallest absolute Gasteiger partial charge is 0.270 e. The lowest BCUT2D eigenvalue weighted by molar-refractivity contribution is -0.384. The number of hydrogen-bond donors (Lipinski definition) is 1. The molecule has 0 heterocycles. The summed E-state index contributed by atoms with van der Waals surface area (Å²) in [5.74, 6) is -0.627. The second kappa shape index (κ2) is 9.01. The molecule has 0 saturated carbocycles. The third-order valence-corrected chi connectivity index (χ3v) is 4.67. The summed E-state index contributed by atoms with van der Waals surface area (Å²) in [5, 5.41) is 14.4. The van der Waals surface area contributed by atoms with E-state index in [0.29, 0.717) is 5.56 Å². The molecule has 0 bridgehead atoms. The fourth-order valence-corrected chi connectivity index (χ4v) is 2.91. The van der Waals surface area contributed by atoms with Crippen molar-refractivity contribution < 1.29 is 18.1 Å². The van der Waals surface area contributed by atoms with Crippen molar-refractivity contribution in [2.45, 2.75) is 6.54 Å². The van der Waals surface area contributed by atoms with Crippen molar-refractivity contribution in [3.8, 4) is 0 Å². The third-order valence-electron chi connectivity index (χ3n) is 3.47. The average Bonchev–Trinajstić information content (AvgIpc) is 2.61. The van der Waals surface area contributed by atoms with Gasteiger partial charge in [-0.2, -0.15) is 9.41 Å². The Labute approximate surface area is 156 Å². The van der Waals surface area contributed by atoms with Gasteiger partial charge in [-0.3, -0.25) is 14.9 Å². The lowest BCUT2D eigenvalue weighted by Crippen LogP contribution is -2.38. The minimum atomic E-state index is -3.60. The maximum absolute atomic E-state index is 12.0. The molecule has 0 aliphatic rings. The van der Waals surface area contributed by atoms with E-state index in [1.807, 2.05) is 6.07 Å². The number of hydrogen-bond acceptors (Lipinski definition) is 6. The van der Waals surface area contributed by atoms with E-state index in [1.54, 1.807) is 30.3 Å². The van der Waals surface area contributed by atoms with Crippen LogP contribution in [0.1, 0.15) is 11.1 Å². The van der Waals surface area contributed by atoms with Crippen LogP contribution in [0.25, 0.3) is 0 Å².